The number of benzene rings is 2. The molecular weight excluding hydrogens is 406 g/mol. The van der Waals surface area contributed by atoms with Crippen LogP contribution in [0.4, 0.5) is 0 Å². The molecule has 1 aliphatic rings. The zero-order chi connectivity index (χ0) is 21.5. The van der Waals surface area contributed by atoms with E-state index < -0.39 is 23.8 Å². The van der Waals surface area contributed by atoms with Gasteiger partial charge in [-0.2, -0.15) is 0 Å². The summed E-state index contributed by atoms with van der Waals surface area (Å²) in [5.74, 6) is -1.42. The first-order chi connectivity index (χ1) is 14.5. The van der Waals surface area contributed by atoms with E-state index in [0.717, 1.165) is 10.5 Å². The molecule has 0 radical (unpaired) electrons. The molecule has 0 saturated heterocycles. The lowest BCUT2D eigenvalue weighted by molar-refractivity contribution is -0.125. The summed E-state index contributed by atoms with van der Waals surface area (Å²) in [5.41, 5.74) is 1.41. The Morgan fingerprint density at radius 3 is 2.03 bits per heavy atom. The van der Waals surface area contributed by atoms with Gasteiger partial charge < -0.3 is 10.6 Å². The van der Waals surface area contributed by atoms with Crippen molar-refractivity contribution in [3.8, 4) is 0 Å². The van der Waals surface area contributed by atoms with Crippen molar-refractivity contribution in [1.29, 1.82) is 0 Å². The molecule has 156 valence electrons. The predicted molar refractivity (Wildman–Crippen MR) is 112 cm³/mol. The molecule has 2 aromatic carbocycles. The Bertz CT molecular complexity index is 913. The number of alkyl halides is 1. The number of rotatable bonds is 9. The number of carbonyl (C=O) groups is 4. The first kappa shape index (κ1) is 21.5. The summed E-state index contributed by atoms with van der Waals surface area (Å²) in [6.45, 7) is 0.392. The molecule has 4 amide bonds. The monoisotopic (exact) mass is 427 g/mol. The molecule has 7 nitrogen and oxygen atoms in total. The SMILES string of the molecule is O=C(CCCl)NCCNC(=O)C(Cc1ccccc1)N1C(=O)c2ccccc2C1=O. The first-order valence-electron chi connectivity index (χ1n) is 9.64. The molecular formula is C22H22ClN3O4. The van der Waals surface area contributed by atoms with E-state index in [-0.39, 0.29) is 37.7 Å². The number of nitrogens with one attached hydrogen (secondary N) is 2. The first-order valence-corrected chi connectivity index (χ1v) is 10.2. The fraction of sp³-hybridized carbons (Fsp3) is 0.273. The predicted octanol–water partition coefficient (Wildman–Crippen LogP) is 1.76. The highest BCUT2D eigenvalue weighted by Gasteiger charge is 2.42. The van der Waals surface area contributed by atoms with E-state index in [1.165, 1.54) is 0 Å². The highest BCUT2D eigenvalue weighted by atomic mass is 35.5. The molecule has 0 spiro atoms. The zero-order valence-electron chi connectivity index (χ0n) is 16.3. The molecule has 0 bridgehead atoms. The van der Waals surface area contributed by atoms with E-state index in [2.05, 4.69) is 10.6 Å². The zero-order valence-corrected chi connectivity index (χ0v) is 17.0. The van der Waals surface area contributed by atoms with Crippen molar-refractivity contribution in [2.75, 3.05) is 19.0 Å². The quantitative estimate of drug-likeness (QED) is 0.362. The van der Waals surface area contributed by atoms with Crippen LogP contribution in [0, 0.1) is 0 Å². The van der Waals surface area contributed by atoms with E-state index >= 15 is 0 Å². The second-order valence-electron chi connectivity index (χ2n) is 6.81. The number of carbonyl (C=O) groups excluding carboxylic acids is 4. The Labute approximate surface area is 179 Å². The van der Waals surface area contributed by atoms with Crippen LogP contribution in [0.5, 0.6) is 0 Å². The molecule has 30 heavy (non-hydrogen) atoms. The van der Waals surface area contributed by atoms with E-state index in [1.54, 1.807) is 24.3 Å². The lowest BCUT2D eigenvalue weighted by atomic mass is 10.0. The van der Waals surface area contributed by atoms with Gasteiger partial charge in [-0.1, -0.05) is 42.5 Å². The topological polar surface area (TPSA) is 95.6 Å². The Hall–Kier alpha value is -3.19. The molecule has 2 aromatic rings. The van der Waals surface area contributed by atoms with Gasteiger partial charge in [-0.05, 0) is 17.7 Å². The molecule has 1 atom stereocenters. The number of amides is 4. The molecule has 1 heterocycles. The highest BCUT2D eigenvalue weighted by molar-refractivity contribution is 6.22. The summed E-state index contributed by atoms with van der Waals surface area (Å²) >= 11 is 5.52. The van der Waals surface area contributed by atoms with Crippen LogP contribution in [0.1, 0.15) is 32.7 Å². The lowest BCUT2D eigenvalue weighted by Crippen LogP contribution is -2.51. The van der Waals surface area contributed by atoms with Crippen molar-refractivity contribution in [3.05, 3.63) is 71.3 Å². The maximum atomic E-state index is 13.0. The normalized spacial score (nSPS) is 13.7. The van der Waals surface area contributed by atoms with Gasteiger partial charge in [0.2, 0.25) is 11.8 Å². The number of imide groups is 1. The smallest absolute Gasteiger partial charge is 0.262 e. The molecule has 3 rings (SSSR count). The molecule has 0 fully saturated rings. The average Bonchev–Trinajstić information content (AvgIpc) is 3.01. The van der Waals surface area contributed by atoms with Crippen molar-refractivity contribution in [3.63, 3.8) is 0 Å². The van der Waals surface area contributed by atoms with Crippen LogP contribution in [0.2, 0.25) is 0 Å². The Kier molecular flexibility index (Phi) is 7.19. The third-order valence-electron chi connectivity index (χ3n) is 4.78. The molecule has 8 heteroatoms. The summed E-state index contributed by atoms with van der Waals surface area (Å²) in [6.07, 6.45) is 0.387. The highest BCUT2D eigenvalue weighted by Crippen LogP contribution is 2.26. The van der Waals surface area contributed by atoms with Crippen LogP contribution < -0.4 is 10.6 Å². The summed E-state index contributed by atoms with van der Waals surface area (Å²) < 4.78 is 0. The molecule has 1 aliphatic heterocycles. The van der Waals surface area contributed by atoms with Crippen LogP contribution in [0.15, 0.2) is 54.6 Å². The Balaban J connectivity index is 1.74. The minimum atomic E-state index is -1.00. The maximum absolute atomic E-state index is 13.0. The summed E-state index contributed by atoms with van der Waals surface area (Å²) in [7, 11) is 0. The van der Waals surface area contributed by atoms with E-state index in [0.29, 0.717) is 11.1 Å². The van der Waals surface area contributed by atoms with Crippen LogP contribution in [0.3, 0.4) is 0 Å². The molecule has 1 unspecified atom stereocenters. The maximum Gasteiger partial charge on any atom is 0.262 e. The van der Waals surface area contributed by atoms with Crippen LogP contribution >= 0.6 is 11.6 Å². The number of hydrogen-bond acceptors (Lipinski definition) is 4. The van der Waals surface area contributed by atoms with E-state index in [1.807, 2.05) is 30.3 Å². The van der Waals surface area contributed by atoms with Crippen molar-refractivity contribution >= 4 is 35.2 Å². The lowest BCUT2D eigenvalue weighted by Gasteiger charge is -2.25. The van der Waals surface area contributed by atoms with Crippen molar-refractivity contribution in [2.45, 2.75) is 18.9 Å². The molecule has 2 N–H and O–H groups in total. The minimum absolute atomic E-state index is 0.168. The number of halogens is 1. The van der Waals surface area contributed by atoms with Crippen LogP contribution in [-0.4, -0.2) is 53.5 Å². The van der Waals surface area contributed by atoms with Gasteiger partial charge in [-0.25, -0.2) is 0 Å². The van der Waals surface area contributed by atoms with Gasteiger partial charge in [0.1, 0.15) is 6.04 Å². The van der Waals surface area contributed by atoms with Gasteiger partial charge in [-0.3, -0.25) is 24.1 Å². The summed E-state index contributed by atoms with van der Waals surface area (Å²) in [6, 6.07) is 14.7. The van der Waals surface area contributed by atoms with Crippen molar-refractivity contribution < 1.29 is 19.2 Å². The van der Waals surface area contributed by atoms with Gasteiger partial charge in [0, 0.05) is 31.8 Å². The van der Waals surface area contributed by atoms with Gasteiger partial charge in [0.25, 0.3) is 11.8 Å². The summed E-state index contributed by atoms with van der Waals surface area (Å²) in [4.78, 5) is 51.2. The molecule has 0 aliphatic carbocycles. The van der Waals surface area contributed by atoms with Crippen LogP contribution in [-0.2, 0) is 16.0 Å². The fourth-order valence-corrected chi connectivity index (χ4v) is 3.48. The van der Waals surface area contributed by atoms with Gasteiger partial charge >= 0.3 is 0 Å². The second kappa shape index (κ2) is 10.0. The molecule has 0 aromatic heterocycles. The fourth-order valence-electron chi connectivity index (χ4n) is 3.31. The van der Waals surface area contributed by atoms with Gasteiger partial charge in [0.15, 0.2) is 0 Å². The number of nitrogens with zero attached hydrogens (tertiary/aromatic N) is 1. The largest absolute Gasteiger partial charge is 0.354 e. The molecule has 0 saturated carbocycles. The minimum Gasteiger partial charge on any atom is -0.354 e. The van der Waals surface area contributed by atoms with Gasteiger partial charge in [-0.15, -0.1) is 11.6 Å². The van der Waals surface area contributed by atoms with Crippen molar-refractivity contribution in [2.24, 2.45) is 0 Å². The number of hydrogen-bond donors (Lipinski definition) is 2. The van der Waals surface area contributed by atoms with Crippen LogP contribution in [0.25, 0.3) is 0 Å². The van der Waals surface area contributed by atoms with Gasteiger partial charge in [0.05, 0.1) is 11.1 Å². The number of fused-ring (bicyclic) bond motifs is 1. The summed E-state index contributed by atoms with van der Waals surface area (Å²) in [5, 5.41) is 5.36. The third kappa shape index (κ3) is 4.86. The average molecular weight is 428 g/mol. The standard InChI is InChI=1S/C22H22ClN3O4/c23-11-10-19(27)24-12-13-25-20(28)18(14-15-6-2-1-3-7-15)26-21(29)16-8-4-5-9-17(16)22(26)30/h1-9,18H,10-14H2,(H,24,27)(H,25,28). The van der Waals surface area contributed by atoms with E-state index in [4.69, 9.17) is 11.6 Å². The van der Waals surface area contributed by atoms with E-state index in [9.17, 15) is 19.2 Å². The Morgan fingerprint density at radius 1 is 0.867 bits per heavy atom. The Morgan fingerprint density at radius 2 is 1.43 bits per heavy atom. The second-order valence-corrected chi connectivity index (χ2v) is 7.19. The third-order valence-corrected chi connectivity index (χ3v) is 4.97. The van der Waals surface area contributed by atoms with Crippen molar-refractivity contribution in [1.82, 2.24) is 15.5 Å².